The van der Waals surface area contributed by atoms with Gasteiger partial charge in [0.25, 0.3) is 0 Å². The molecule has 3 fully saturated rings. The number of cyclic esters (lactones) is 1. The Hall–Kier alpha value is -1.76. The number of rotatable bonds is 1. The van der Waals surface area contributed by atoms with Crippen LogP contribution in [-0.2, 0) is 19.1 Å². The molecule has 6 heteroatoms. The van der Waals surface area contributed by atoms with Crippen molar-refractivity contribution in [3.05, 3.63) is 34.9 Å². The summed E-state index contributed by atoms with van der Waals surface area (Å²) in [4.78, 5) is 25.7. The number of Topliss-reactive ketones (excluding diaryl/α,β-unsaturated/α-hetero) is 1. The molecule has 0 bridgehead atoms. The first-order valence-electron chi connectivity index (χ1n) is 12.8. The van der Waals surface area contributed by atoms with Crippen molar-refractivity contribution in [2.24, 2.45) is 34.5 Å². The summed E-state index contributed by atoms with van der Waals surface area (Å²) in [6, 6.07) is 0. The van der Waals surface area contributed by atoms with E-state index in [1.54, 1.807) is 6.92 Å². The van der Waals surface area contributed by atoms with Crippen molar-refractivity contribution in [3.8, 4) is 0 Å². The van der Waals surface area contributed by atoms with Gasteiger partial charge in [-0.2, -0.15) is 0 Å². The van der Waals surface area contributed by atoms with E-state index in [4.69, 9.17) is 9.47 Å². The van der Waals surface area contributed by atoms with E-state index in [-0.39, 0.29) is 36.1 Å². The first-order valence-corrected chi connectivity index (χ1v) is 12.8. The summed E-state index contributed by atoms with van der Waals surface area (Å²) in [5, 5.41) is 24.5. The average Bonchev–Trinajstić information content (AvgIpc) is 3.07. The Morgan fingerprint density at radius 2 is 1.85 bits per heavy atom. The van der Waals surface area contributed by atoms with Gasteiger partial charge in [-0.15, -0.1) is 0 Å². The lowest BCUT2D eigenvalue weighted by molar-refractivity contribution is -0.395. The molecule has 2 N–H and O–H groups in total. The van der Waals surface area contributed by atoms with E-state index in [2.05, 4.69) is 12.2 Å². The van der Waals surface area contributed by atoms with Gasteiger partial charge in [0, 0.05) is 30.8 Å². The maximum absolute atomic E-state index is 13.2. The molecular formula is C28H36O6. The number of aliphatic hydroxyl groups is 2. The lowest BCUT2D eigenvalue weighted by atomic mass is 9.44. The van der Waals surface area contributed by atoms with Gasteiger partial charge in [-0.05, 0) is 63.4 Å². The fraction of sp³-hybridized carbons (Fsp3) is 0.714. The van der Waals surface area contributed by atoms with E-state index < -0.39 is 34.2 Å². The number of ketones is 1. The van der Waals surface area contributed by atoms with Crippen LogP contribution in [-0.4, -0.2) is 46.1 Å². The molecule has 0 aromatic heterocycles. The number of esters is 1. The van der Waals surface area contributed by atoms with Crippen molar-refractivity contribution in [1.29, 1.82) is 0 Å². The van der Waals surface area contributed by atoms with Crippen molar-refractivity contribution < 1.29 is 29.3 Å². The predicted molar refractivity (Wildman–Crippen MR) is 124 cm³/mol. The van der Waals surface area contributed by atoms with Crippen molar-refractivity contribution >= 4 is 11.8 Å². The SMILES string of the molecule is CC1=C(C)C(=O)O[C@@H]([C@@H]2CO[C@@]3(O)C[C@H]4[C@@H](CC=C5C=CCC(=O)[C@@]54C)[C@@H]4CC[C@]2(O)[C@]43C)C1. The summed E-state index contributed by atoms with van der Waals surface area (Å²) in [7, 11) is 0. The Kier molecular flexibility index (Phi) is 4.62. The first-order chi connectivity index (χ1) is 16.0. The highest BCUT2D eigenvalue weighted by molar-refractivity contribution is 5.92. The lowest BCUT2D eigenvalue weighted by Crippen LogP contribution is -2.74. The molecule has 2 heterocycles. The molecule has 0 aromatic rings. The number of hydrogen-bond donors (Lipinski definition) is 2. The molecule has 1 saturated heterocycles. The van der Waals surface area contributed by atoms with Crippen LogP contribution >= 0.6 is 0 Å². The summed E-state index contributed by atoms with van der Waals surface area (Å²) in [6.07, 6.45) is 9.21. The van der Waals surface area contributed by atoms with Crippen molar-refractivity contribution in [2.75, 3.05) is 6.61 Å². The van der Waals surface area contributed by atoms with Crippen LogP contribution in [0, 0.1) is 34.5 Å². The highest BCUT2D eigenvalue weighted by Crippen LogP contribution is 2.72. The average molecular weight is 469 g/mol. The Morgan fingerprint density at radius 3 is 2.59 bits per heavy atom. The summed E-state index contributed by atoms with van der Waals surface area (Å²) < 4.78 is 12.1. The maximum atomic E-state index is 13.2. The van der Waals surface area contributed by atoms with Crippen molar-refractivity contribution in [2.45, 2.75) is 83.7 Å². The zero-order valence-corrected chi connectivity index (χ0v) is 20.6. The van der Waals surface area contributed by atoms with E-state index in [1.165, 1.54) is 0 Å². The highest BCUT2D eigenvalue weighted by atomic mass is 16.6. The number of carbonyl (C=O) groups excluding carboxylic acids is 2. The van der Waals surface area contributed by atoms with Crippen LogP contribution in [0.2, 0.25) is 0 Å². The minimum atomic E-state index is -1.53. The second kappa shape index (κ2) is 6.92. The number of ether oxygens (including phenoxy) is 2. The monoisotopic (exact) mass is 468 g/mol. The number of fused-ring (bicyclic) bond motifs is 4. The van der Waals surface area contributed by atoms with Crippen molar-refractivity contribution in [3.63, 3.8) is 0 Å². The standard InChI is InChI=1S/C28H36O6/c1-15-12-22(34-24(30)16(15)2)21-14-33-28(32)13-20-18(19-10-11-27(21,31)26(19,28)4)9-8-17-6-5-7-23(29)25(17,20)3/h5-6,8,18-22,31-32H,7,9-14H2,1-4H3/t18-,19-,20-,21-,22+,25-,26-,27+,28-/m0/s1. The zero-order valence-electron chi connectivity index (χ0n) is 20.6. The number of allylic oxidation sites excluding steroid dienone is 4. The molecule has 0 radical (unpaired) electrons. The van der Waals surface area contributed by atoms with Gasteiger partial charge in [-0.3, -0.25) is 4.79 Å². The van der Waals surface area contributed by atoms with Gasteiger partial charge in [0.15, 0.2) is 5.79 Å². The molecule has 9 atom stereocenters. The first kappa shape index (κ1) is 22.7. The summed E-state index contributed by atoms with van der Waals surface area (Å²) in [5.41, 5.74) is -0.0735. The Morgan fingerprint density at radius 1 is 1.09 bits per heavy atom. The van der Waals surface area contributed by atoms with Crippen LogP contribution in [0.25, 0.3) is 0 Å². The molecule has 6 aliphatic rings. The molecule has 0 amide bonds. The molecule has 6 nitrogen and oxygen atoms in total. The molecule has 4 aliphatic carbocycles. The van der Waals surface area contributed by atoms with E-state index in [0.29, 0.717) is 31.3 Å². The van der Waals surface area contributed by atoms with E-state index in [9.17, 15) is 19.8 Å². The third-order valence-corrected chi connectivity index (χ3v) is 11.2. The summed E-state index contributed by atoms with van der Waals surface area (Å²) >= 11 is 0. The number of hydrogen-bond acceptors (Lipinski definition) is 6. The van der Waals surface area contributed by atoms with Crippen LogP contribution in [0.5, 0.6) is 0 Å². The highest BCUT2D eigenvalue weighted by Gasteiger charge is 2.77. The third-order valence-electron chi connectivity index (χ3n) is 11.2. The number of carbonyl (C=O) groups is 2. The molecule has 0 unspecified atom stereocenters. The van der Waals surface area contributed by atoms with Gasteiger partial charge in [0.1, 0.15) is 11.9 Å². The molecule has 0 spiro atoms. The van der Waals surface area contributed by atoms with Gasteiger partial charge in [0.2, 0.25) is 0 Å². The maximum Gasteiger partial charge on any atom is 0.333 e. The van der Waals surface area contributed by atoms with E-state index in [0.717, 1.165) is 24.0 Å². The molecule has 2 saturated carbocycles. The molecule has 0 aromatic carbocycles. The Balaban J connectivity index is 1.41. The fourth-order valence-corrected chi connectivity index (χ4v) is 8.90. The fourth-order valence-electron chi connectivity index (χ4n) is 8.90. The predicted octanol–water partition coefficient (Wildman–Crippen LogP) is 3.62. The van der Waals surface area contributed by atoms with Crippen LogP contribution in [0.3, 0.4) is 0 Å². The Bertz CT molecular complexity index is 1070. The lowest BCUT2D eigenvalue weighted by Gasteiger charge is -2.66. The van der Waals surface area contributed by atoms with Gasteiger partial charge in [0.05, 0.1) is 23.0 Å². The minimum absolute atomic E-state index is 0.00930. The van der Waals surface area contributed by atoms with Crippen molar-refractivity contribution in [1.82, 2.24) is 0 Å². The van der Waals surface area contributed by atoms with Gasteiger partial charge >= 0.3 is 5.97 Å². The van der Waals surface area contributed by atoms with E-state index >= 15 is 0 Å². The zero-order chi connectivity index (χ0) is 24.3. The topological polar surface area (TPSA) is 93.1 Å². The van der Waals surface area contributed by atoms with Crippen LogP contribution in [0.4, 0.5) is 0 Å². The molecule has 34 heavy (non-hydrogen) atoms. The van der Waals surface area contributed by atoms with Gasteiger partial charge in [-0.25, -0.2) is 4.79 Å². The quantitative estimate of drug-likeness (QED) is 0.571. The summed E-state index contributed by atoms with van der Waals surface area (Å²) in [5.74, 6) is -1.91. The minimum Gasteiger partial charge on any atom is -0.458 e. The van der Waals surface area contributed by atoms with Crippen LogP contribution < -0.4 is 0 Å². The van der Waals surface area contributed by atoms with Crippen LogP contribution in [0.1, 0.15) is 66.2 Å². The third kappa shape index (κ3) is 2.47. The second-order valence-corrected chi connectivity index (χ2v) is 12.1. The largest absolute Gasteiger partial charge is 0.458 e. The Labute approximate surface area is 201 Å². The van der Waals surface area contributed by atoms with E-state index in [1.807, 2.05) is 26.8 Å². The molecule has 184 valence electrons. The molecule has 6 rings (SSSR count). The van der Waals surface area contributed by atoms with Crippen LogP contribution in [0.15, 0.2) is 34.9 Å². The normalized spacial score (nSPS) is 51.9. The van der Waals surface area contributed by atoms with Gasteiger partial charge in [-0.1, -0.05) is 30.7 Å². The van der Waals surface area contributed by atoms with Gasteiger partial charge < -0.3 is 19.7 Å². The second-order valence-electron chi connectivity index (χ2n) is 12.1. The molecular weight excluding hydrogens is 432 g/mol. The smallest absolute Gasteiger partial charge is 0.333 e. The summed E-state index contributed by atoms with van der Waals surface area (Å²) in [6.45, 7) is 7.87. The molecule has 2 aliphatic heterocycles.